The molecule has 0 amide bonds. The molecule has 0 fully saturated rings. The fourth-order valence-corrected chi connectivity index (χ4v) is 1.47. The van der Waals surface area contributed by atoms with Crippen LogP contribution in [-0.4, -0.2) is 15.1 Å². The molecule has 0 aliphatic rings. The van der Waals surface area contributed by atoms with Gasteiger partial charge in [0.1, 0.15) is 5.75 Å². The highest BCUT2D eigenvalue weighted by molar-refractivity contribution is 6.32. The highest BCUT2D eigenvalue weighted by Gasteiger charge is 2.11. The van der Waals surface area contributed by atoms with E-state index in [0.29, 0.717) is 0 Å². The van der Waals surface area contributed by atoms with Gasteiger partial charge in [0, 0.05) is 18.2 Å². The number of rotatable bonds is 3. The van der Waals surface area contributed by atoms with Crippen molar-refractivity contribution in [2.24, 2.45) is 0 Å². The van der Waals surface area contributed by atoms with Crippen LogP contribution in [0.15, 0.2) is 30.3 Å². The first kappa shape index (κ1) is 12.5. The molecule has 0 bridgehead atoms. The van der Waals surface area contributed by atoms with E-state index in [-0.39, 0.29) is 27.5 Å². The first-order valence-corrected chi connectivity index (χ1v) is 5.43. The molecule has 6 nitrogen and oxygen atoms in total. The lowest BCUT2D eigenvalue weighted by Crippen LogP contribution is -1.92. The van der Waals surface area contributed by atoms with Gasteiger partial charge in [0.15, 0.2) is 5.15 Å². The van der Waals surface area contributed by atoms with E-state index in [9.17, 15) is 10.1 Å². The second kappa shape index (κ2) is 5.16. The summed E-state index contributed by atoms with van der Waals surface area (Å²) < 4.78 is 5.31. The van der Waals surface area contributed by atoms with Crippen molar-refractivity contribution in [1.29, 1.82) is 0 Å². The van der Waals surface area contributed by atoms with Gasteiger partial charge in [-0.05, 0) is 12.1 Å². The van der Waals surface area contributed by atoms with E-state index in [2.05, 4.69) is 10.2 Å². The molecular weight excluding hydrogens is 281 g/mol. The van der Waals surface area contributed by atoms with E-state index < -0.39 is 4.92 Å². The monoisotopic (exact) mass is 285 g/mol. The molecule has 2 aromatic rings. The van der Waals surface area contributed by atoms with Gasteiger partial charge in [-0.25, -0.2) is 0 Å². The zero-order valence-electron chi connectivity index (χ0n) is 8.71. The molecule has 0 radical (unpaired) electrons. The SMILES string of the molecule is O=[N+]([O-])c1ccc(Oc2ccc(Cl)nn2)c(Cl)c1. The van der Waals surface area contributed by atoms with Gasteiger partial charge >= 0.3 is 0 Å². The molecule has 0 N–H and O–H groups in total. The summed E-state index contributed by atoms with van der Waals surface area (Å²) in [6, 6.07) is 6.87. The minimum Gasteiger partial charge on any atom is -0.436 e. The predicted octanol–water partition coefficient (Wildman–Crippen LogP) is 3.48. The molecule has 0 saturated carbocycles. The minimum absolute atomic E-state index is 0.112. The normalized spacial score (nSPS) is 10.1. The van der Waals surface area contributed by atoms with Gasteiger partial charge in [-0.3, -0.25) is 10.1 Å². The second-order valence-corrected chi connectivity index (χ2v) is 3.96. The summed E-state index contributed by atoms with van der Waals surface area (Å²) in [7, 11) is 0. The zero-order chi connectivity index (χ0) is 13.1. The first-order valence-electron chi connectivity index (χ1n) is 4.67. The summed E-state index contributed by atoms with van der Waals surface area (Å²) in [6.07, 6.45) is 0. The molecule has 0 aliphatic carbocycles. The Bertz CT molecular complexity index is 589. The van der Waals surface area contributed by atoms with Gasteiger partial charge < -0.3 is 4.74 Å². The lowest BCUT2D eigenvalue weighted by molar-refractivity contribution is -0.384. The van der Waals surface area contributed by atoms with Crippen LogP contribution in [-0.2, 0) is 0 Å². The maximum absolute atomic E-state index is 10.5. The third kappa shape index (κ3) is 2.85. The number of hydrogen-bond donors (Lipinski definition) is 0. The van der Waals surface area contributed by atoms with Crippen molar-refractivity contribution >= 4 is 28.9 Å². The van der Waals surface area contributed by atoms with Crippen molar-refractivity contribution in [3.63, 3.8) is 0 Å². The average Bonchev–Trinajstić information content (AvgIpc) is 2.34. The molecule has 0 atom stereocenters. The van der Waals surface area contributed by atoms with Crippen molar-refractivity contribution in [2.45, 2.75) is 0 Å². The van der Waals surface area contributed by atoms with Crippen molar-refractivity contribution < 1.29 is 9.66 Å². The van der Waals surface area contributed by atoms with Crippen molar-refractivity contribution in [2.75, 3.05) is 0 Å². The number of nitro benzene ring substituents is 1. The van der Waals surface area contributed by atoms with Crippen LogP contribution >= 0.6 is 23.2 Å². The largest absolute Gasteiger partial charge is 0.436 e. The minimum atomic E-state index is -0.544. The smallest absolute Gasteiger partial charge is 0.271 e. The van der Waals surface area contributed by atoms with Crippen molar-refractivity contribution in [1.82, 2.24) is 10.2 Å². The Labute approximate surface area is 111 Å². The summed E-state index contributed by atoms with van der Waals surface area (Å²) in [6.45, 7) is 0. The Hall–Kier alpha value is -1.92. The van der Waals surface area contributed by atoms with E-state index in [1.807, 2.05) is 0 Å². The number of nitrogens with zero attached hydrogens (tertiary/aromatic N) is 3. The average molecular weight is 286 g/mol. The van der Waals surface area contributed by atoms with Crippen LogP contribution in [0.25, 0.3) is 0 Å². The summed E-state index contributed by atoms with van der Waals surface area (Å²) in [5, 5.41) is 18.1. The van der Waals surface area contributed by atoms with Crippen LogP contribution in [0.3, 0.4) is 0 Å². The fraction of sp³-hybridized carbons (Fsp3) is 0. The quantitative estimate of drug-likeness (QED) is 0.637. The number of benzene rings is 1. The topological polar surface area (TPSA) is 78.2 Å². The lowest BCUT2D eigenvalue weighted by atomic mass is 10.3. The molecule has 0 unspecified atom stereocenters. The molecule has 0 spiro atoms. The molecule has 18 heavy (non-hydrogen) atoms. The Balaban J connectivity index is 2.24. The van der Waals surface area contributed by atoms with Gasteiger partial charge in [0.25, 0.3) is 5.69 Å². The Kier molecular flexibility index (Phi) is 3.59. The lowest BCUT2D eigenvalue weighted by Gasteiger charge is -2.05. The van der Waals surface area contributed by atoms with E-state index in [0.717, 1.165) is 0 Å². The summed E-state index contributed by atoms with van der Waals surface area (Å²) in [5.41, 5.74) is -0.116. The summed E-state index contributed by atoms with van der Waals surface area (Å²) in [4.78, 5) is 9.99. The van der Waals surface area contributed by atoms with Gasteiger partial charge in [0.05, 0.1) is 9.95 Å². The van der Waals surface area contributed by atoms with Gasteiger partial charge in [-0.1, -0.05) is 23.2 Å². The highest BCUT2D eigenvalue weighted by Crippen LogP contribution is 2.31. The summed E-state index contributed by atoms with van der Waals surface area (Å²) >= 11 is 11.4. The van der Waals surface area contributed by atoms with Crippen LogP contribution in [0.5, 0.6) is 11.6 Å². The van der Waals surface area contributed by atoms with E-state index in [1.165, 1.54) is 30.3 Å². The molecule has 2 rings (SSSR count). The molecule has 92 valence electrons. The number of nitro groups is 1. The standard InChI is InChI=1S/C10H5Cl2N3O3/c11-7-5-6(15(16)17)1-2-8(7)18-10-4-3-9(12)13-14-10/h1-5H. The fourth-order valence-electron chi connectivity index (χ4n) is 1.16. The number of hydrogen-bond acceptors (Lipinski definition) is 5. The first-order chi connectivity index (χ1) is 8.56. The molecule has 0 aliphatic heterocycles. The predicted molar refractivity (Wildman–Crippen MR) is 65.2 cm³/mol. The Morgan fingerprint density at radius 3 is 2.50 bits per heavy atom. The van der Waals surface area contributed by atoms with Crippen LogP contribution in [0.2, 0.25) is 10.2 Å². The molecular formula is C10H5Cl2N3O3. The van der Waals surface area contributed by atoms with Gasteiger partial charge in [0.2, 0.25) is 5.88 Å². The van der Waals surface area contributed by atoms with E-state index in [1.54, 1.807) is 0 Å². The van der Waals surface area contributed by atoms with Crippen molar-refractivity contribution in [3.8, 4) is 11.6 Å². The number of halogens is 2. The third-order valence-corrected chi connectivity index (χ3v) is 2.45. The summed E-state index contributed by atoms with van der Waals surface area (Å²) in [5.74, 6) is 0.439. The van der Waals surface area contributed by atoms with Crippen LogP contribution < -0.4 is 4.74 Å². The molecule has 1 aromatic heterocycles. The molecule has 1 aromatic carbocycles. The zero-order valence-corrected chi connectivity index (χ0v) is 10.2. The van der Waals surface area contributed by atoms with Crippen molar-refractivity contribution in [3.05, 3.63) is 50.6 Å². The van der Waals surface area contributed by atoms with Crippen LogP contribution in [0.4, 0.5) is 5.69 Å². The second-order valence-electron chi connectivity index (χ2n) is 3.17. The number of ether oxygens (including phenoxy) is 1. The van der Waals surface area contributed by atoms with E-state index >= 15 is 0 Å². The number of aromatic nitrogens is 2. The van der Waals surface area contributed by atoms with E-state index in [4.69, 9.17) is 27.9 Å². The Morgan fingerprint density at radius 1 is 1.17 bits per heavy atom. The molecule has 0 saturated heterocycles. The number of non-ortho nitro benzene ring substituents is 1. The van der Waals surface area contributed by atoms with Crippen LogP contribution in [0, 0.1) is 10.1 Å². The third-order valence-electron chi connectivity index (χ3n) is 1.95. The molecule has 1 heterocycles. The Morgan fingerprint density at radius 2 is 1.94 bits per heavy atom. The maximum atomic E-state index is 10.5. The van der Waals surface area contributed by atoms with Crippen LogP contribution in [0.1, 0.15) is 0 Å². The molecule has 8 heteroatoms. The highest BCUT2D eigenvalue weighted by atomic mass is 35.5. The maximum Gasteiger partial charge on any atom is 0.271 e. The van der Waals surface area contributed by atoms with Gasteiger partial charge in [-0.15, -0.1) is 10.2 Å². The van der Waals surface area contributed by atoms with Gasteiger partial charge in [-0.2, -0.15) is 0 Å².